The number of alkyl halides is 3. The molecule has 6 nitrogen and oxygen atoms in total. The number of carbonyl (C=O) groups excluding carboxylic acids is 1. The largest absolute Gasteiger partial charge is 0.494 e. The molecule has 0 spiro atoms. The van der Waals surface area contributed by atoms with Crippen LogP contribution in [0.4, 0.5) is 23.7 Å². The molecule has 28 heavy (non-hydrogen) atoms. The molecule has 3 rings (SSSR count). The number of hydrogen-bond acceptors (Lipinski definition) is 3. The molecule has 2 amide bonds. The van der Waals surface area contributed by atoms with Crippen molar-refractivity contribution in [2.75, 3.05) is 18.5 Å². The standard InChI is InChI=1S/C19H23F3N4O2/c1-2-28-14-9-7-13(8-10-14)24-18(27)23-11-12-26-16-6-4-3-5-15(16)17(25-26)19(20,21)22/h7-10H,2-6,11-12H2,1H3,(H2,23,24,27). The predicted molar refractivity (Wildman–Crippen MR) is 98.5 cm³/mol. The molecule has 0 radical (unpaired) electrons. The molecule has 0 aliphatic heterocycles. The lowest BCUT2D eigenvalue weighted by molar-refractivity contribution is -0.142. The van der Waals surface area contributed by atoms with Crippen molar-refractivity contribution < 1.29 is 22.7 Å². The van der Waals surface area contributed by atoms with Gasteiger partial charge in [0.1, 0.15) is 5.75 Å². The van der Waals surface area contributed by atoms with E-state index in [-0.39, 0.29) is 13.1 Å². The number of urea groups is 1. The van der Waals surface area contributed by atoms with Crippen LogP contribution in [0.3, 0.4) is 0 Å². The molecule has 0 atom stereocenters. The number of nitrogens with one attached hydrogen (secondary N) is 2. The third kappa shape index (κ3) is 4.76. The molecule has 2 N–H and O–H groups in total. The maximum Gasteiger partial charge on any atom is 0.435 e. The van der Waals surface area contributed by atoms with Crippen LogP contribution < -0.4 is 15.4 Å². The molecule has 9 heteroatoms. The third-order valence-corrected chi connectivity index (χ3v) is 4.56. The highest BCUT2D eigenvalue weighted by atomic mass is 19.4. The molecule has 152 valence electrons. The van der Waals surface area contributed by atoms with Crippen molar-refractivity contribution in [3.8, 4) is 5.75 Å². The monoisotopic (exact) mass is 396 g/mol. The summed E-state index contributed by atoms with van der Waals surface area (Å²) < 4.78 is 46.3. The fourth-order valence-electron chi connectivity index (χ4n) is 3.34. The van der Waals surface area contributed by atoms with Crippen molar-refractivity contribution in [1.29, 1.82) is 0 Å². The summed E-state index contributed by atoms with van der Waals surface area (Å²) in [5, 5.41) is 9.10. The van der Waals surface area contributed by atoms with Crippen LogP contribution in [-0.2, 0) is 25.6 Å². The normalized spacial score (nSPS) is 13.7. The molecule has 0 bridgehead atoms. The Labute approximate surface area is 161 Å². The highest BCUT2D eigenvalue weighted by molar-refractivity contribution is 5.89. The molecule has 1 aliphatic rings. The topological polar surface area (TPSA) is 68.2 Å². The first-order valence-corrected chi connectivity index (χ1v) is 9.32. The van der Waals surface area contributed by atoms with E-state index in [1.165, 1.54) is 4.68 Å². The zero-order chi connectivity index (χ0) is 20.1. The first kappa shape index (κ1) is 20.0. The van der Waals surface area contributed by atoms with Crippen LogP contribution >= 0.6 is 0 Å². The van der Waals surface area contributed by atoms with Gasteiger partial charge in [-0.25, -0.2) is 4.79 Å². The number of carbonyl (C=O) groups is 1. The fourth-order valence-corrected chi connectivity index (χ4v) is 3.34. The number of halogens is 3. The van der Waals surface area contributed by atoms with Gasteiger partial charge in [-0.15, -0.1) is 0 Å². The Morgan fingerprint density at radius 1 is 1.21 bits per heavy atom. The first-order valence-electron chi connectivity index (χ1n) is 9.32. The number of anilines is 1. The predicted octanol–water partition coefficient (Wildman–Crippen LogP) is 4.00. The molecule has 1 heterocycles. The Hall–Kier alpha value is -2.71. The molecular formula is C19H23F3N4O2. The fraction of sp³-hybridized carbons (Fsp3) is 0.474. The lowest BCUT2D eigenvalue weighted by Crippen LogP contribution is -2.32. The smallest absolute Gasteiger partial charge is 0.435 e. The SMILES string of the molecule is CCOc1ccc(NC(=O)NCCn2nc(C(F)(F)F)c3c2CCCC3)cc1. The van der Waals surface area contributed by atoms with Gasteiger partial charge in [0.25, 0.3) is 0 Å². The number of ether oxygens (including phenoxy) is 1. The van der Waals surface area contributed by atoms with E-state index in [1.807, 2.05) is 6.92 Å². The zero-order valence-electron chi connectivity index (χ0n) is 15.6. The van der Waals surface area contributed by atoms with E-state index in [0.29, 0.717) is 42.1 Å². The summed E-state index contributed by atoms with van der Waals surface area (Å²) in [6.07, 6.45) is -1.89. The van der Waals surface area contributed by atoms with E-state index in [2.05, 4.69) is 15.7 Å². The van der Waals surface area contributed by atoms with Crippen molar-refractivity contribution in [3.63, 3.8) is 0 Å². The van der Waals surface area contributed by atoms with Gasteiger partial charge < -0.3 is 15.4 Å². The summed E-state index contributed by atoms with van der Waals surface area (Å²) in [6, 6.07) is 6.48. The zero-order valence-corrected chi connectivity index (χ0v) is 15.6. The van der Waals surface area contributed by atoms with Crippen molar-refractivity contribution in [1.82, 2.24) is 15.1 Å². The average Bonchev–Trinajstić information content (AvgIpc) is 3.03. The van der Waals surface area contributed by atoms with Crippen LogP contribution in [0.1, 0.15) is 36.7 Å². The van der Waals surface area contributed by atoms with Crippen LogP contribution in [-0.4, -0.2) is 29.0 Å². The number of nitrogens with zero attached hydrogens (tertiary/aromatic N) is 2. The quantitative estimate of drug-likeness (QED) is 0.776. The van der Waals surface area contributed by atoms with E-state index < -0.39 is 17.9 Å². The number of aromatic nitrogens is 2. The Morgan fingerprint density at radius 2 is 1.93 bits per heavy atom. The molecule has 0 fully saturated rings. The van der Waals surface area contributed by atoms with Gasteiger partial charge in [0.2, 0.25) is 0 Å². The summed E-state index contributed by atoms with van der Waals surface area (Å²) in [5.74, 6) is 0.706. The van der Waals surface area contributed by atoms with Crippen molar-refractivity contribution >= 4 is 11.7 Å². The second kappa shape index (κ2) is 8.53. The van der Waals surface area contributed by atoms with Crippen LogP contribution in [0.25, 0.3) is 0 Å². The van der Waals surface area contributed by atoms with Gasteiger partial charge in [-0.05, 0) is 56.9 Å². The van der Waals surface area contributed by atoms with Gasteiger partial charge in [-0.3, -0.25) is 4.68 Å². The Kier molecular flexibility index (Phi) is 6.11. The minimum Gasteiger partial charge on any atom is -0.494 e. The summed E-state index contributed by atoms with van der Waals surface area (Å²) >= 11 is 0. The lowest BCUT2D eigenvalue weighted by atomic mass is 9.95. The van der Waals surface area contributed by atoms with Gasteiger partial charge >= 0.3 is 12.2 Å². The molecule has 1 aromatic carbocycles. The number of amides is 2. The average molecular weight is 396 g/mol. The van der Waals surface area contributed by atoms with Gasteiger partial charge in [-0.2, -0.15) is 18.3 Å². The van der Waals surface area contributed by atoms with Crippen LogP contribution in [0.2, 0.25) is 0 Å². The van der Waals surface area contributed by atoms with E-state index in [1.54, 1.807) is 24.3 Å². The number of rotatable bonds is 6. The van der Waals surface area contributed by atoms with Crippen LogP contribution in [0, 0.1) is 0 Å². The Balaban J connectivity index is 1.56. The van der Waals surface area contributed by atoms with Gasteiger partial charge in [-0.1, -0.05) is 0 Å². The second-order valence-corrected chi connectivity index (χ2v) is 6.54. The van der Waals surface area contributed by atoms with Crippen molar-refractivity contribution in [2.24, 2.45) is 0 Å². The molecule has 0 saturated carbocycles. The van der Waals surface area contributed by atoms with Gasteiger partial charge in [0.05, 0.1) is 13.2 Å². The molecule has 0 unspecified atom stereocenters. The maximum absolute atomic E-state index is 13.2. The summed E-state index contributed by atoms with van der Waals surface area (Å²) in [4.78, 5) is 12.0. The van der Waals surface area contributed by atoms with Crippen molar-refractivity contribution in [2.45, 2.75) is 45.3 Å². The maximum atomic E-state index is 13.2. The van der Waals surface area contributed by atoms with Gasteiger partial charge in [0, 0.05) is 23.5 Å². The first-order chi connectivity index (χ1) is 13.4. The lowest BCUT2D eigenvalue weighted by Gasteiger charge is -2.15. The molecule has 1 aliphatic carbocycles. The van der Waals surface area contributed by atoms with Crippen molar-refractivity contribution in [3.05, 3.63) is 41.2 Å². The number of fused-ring (bicyclic) bond motifs is 1. The summed E-state index contributed by atoms with van der Waals surface area (Å²) in [5.41, 5.74) is 0.739. The summed E-state index contributed by atoms with van der Waals surface area (Å²) in [7, 11) is 0. The Bertz CT molecular complexity index is 816. The molecular weight excluding hydrogens is 373 g/mol. The van der Waals surface area contributed by atoms with E-state index >= 15 is 0 Å². The van der Waals surface area contributed by atoms with E-state index in [0.717, 1.165) is 12.8 Å². The molecule has 0 saturated heterocycles. The minimum atomic E-state index is -4.45. The van der Waals surface area contributed by atoms with Crippen LogP contribution in [0.5, 0.6) is 5.75 Å². The summed E-state index contributed by atoms with van der Waals surface area (Å²) in [6.45, 7) is 2.80. The highest BCUT2D eigenvalue weighted by Gasteiger charge is 2.39. The van der Waals surface area contributed by atoms with E-state index in [4.69, 9.17) is 4.74 Å². The van der Waals surface area contributed by atoms with E-state index in [9.17, 15) is 18.0 Å². The second-order valence-electron chi connectivity index (χ2n) is 6.54. The number of hydrogen-bond donors (Lipinski definition) is 2. The molecule has 1 aromatic heterocycles. The minimum absolute atomic E-state index is 0.175. The van der Waals surface area contributed by atoms with Crippen LogP contribution in [0.15, 0.2) is 24.3 Å². The Morgan fingerprint density at radius 3 is 2.61 bits per heavy atom. The molecule has 2 aromatic rings. The number of benzene rings is 1. The highest BCUT2D eigenvalue weighted by Crippen LogP contribution is 2.35. The third-order valence-electron chi connectivity index (χ3n) is 4.56. The van der Waals surface area contributed by atoms with Gasteiger partial charge in [0.15, 0.2) is 5.69 Å².